The summed E-state index contributed by atoms with van der Waals surface area (Å²) in [7, 11) is 0. The molecule has 1 N–H and O–H groups in total. The van der Waals surface area contributed by atoms with Crippen molar-refractivity contribution >= 4 is 5.91 Å². The highest BCUT2D eigenvalue weighted by atomic mass is 19.4. The number of nitrogens with one attached hydrogen (secondary N) is 1. The van der Waals surface area contributed by atoms with Crippen molar-refractivity contribution in [1.82, 2.24) is 25.2 Å². The highest BCUT2D eigenvalue weighted by Crippen LogP contribution is 2.33. The topological polar surface area (TPSA) is 63.1 Å². The molecular weight excluding hydrogens is 404 g/mol. The Morgan fingerprint density at radius 2 is 1.79 bits per heavy atom. The number of rotatable bonds is 5. The molecule has 1 saturated heterocycles. The van der Waals surface area contributed by atoms with Crippen LogP contribution < -0.4 is 5.32 Å². The number of carbonyl (C=O) groups is 1. The number of benzene rings is 1. The van der Waals surface area contributed by atoms with E-state index in [0.717, 1.165) is 24.3 Å². The van der Waals surface area contributed by atoms with Gasteiger partial charge in [0.2, 0.25) is 0 Å². The lowest BCUT2D eigenvalue weighted by molar-refractivity contribution is -0.143. The van der Waals surface area contributed by atoms with E-state index in [2.05, 4.69) is 15.6 Å². The number of hydrogen-bond donors (Lipinski definition) is 1. The Balaban J connectivity index is 1.76. The molecule has 1 aliphatic rings. The van der Waals surface area contributed by atoms with Gasteiger partial charge in [0.15, 0.2) is 11.4 Å². The zero-order valence-corrected chi connectivity index (χ0v) is 15.0. The van der Waals surface area contributed by atoms with Crippen LogP contribution in [0.3, 0.4) is 0 Å². The Kier molecular flexibility index (Phi) is 6.10. The van der Waals surface area contributed by atoms with Crippen LogP contribution in [0.5, 0.6) is 0 Å². The molecule has 2 heterocycles. The number of amides is 1. The molecule has 6 nitrogen and oxygen atoms in total. The molecule has 1 amide bonds. The number of carbonyl (C=O) groups excluding carboxylic acids is 1. The van der Waals surface area contributed by atoms with Gasteiger partial charge in [-0.15, -0.1) is 5.10 Å². The molecule has 12 heteroatoms. The minimum absolute atomic E-state index is 0.106. The number of likely N-dealkylation sites (tertiary alicyclic amines) is 1. The van der Waals surface area contributed by atoms with Gasteiger partial charge in [-0.1, -0.05) is 5.21 Å². The van der Waals surface area contributed by atoms with Crippen LogP contribution >= 0.6 is 0 Å². The summed E-state index contributed by atoms with van der Waals surface area (Å²) in [5, 5.41) is 9.26. The van der Waals surface area contributed by atoms with E-state index in [4.69, 9.17) is 0 Å². The average Bonchev–Trinajstić information content (AvgIpc) is 3.09. The van der Waals surface area contributed by atoms with Crippen molar-refractivity contribution in [2.75, 3.05) is 19.6 Å². The first-order valence-corrected chi connectivity index (χ1v) is 8.75. The fourth-order valence-electron chi connectivity index (χ4n) is 3.16. The lowest BCUT2D eigenvalue weighted by Crippen LogP contribution is -2.46. The molecule has 158 valence electrons. The summed E-state index contributed by atoms with van der Waals surface area (Å²) in [4.78, 5) is 13.9. The number of halogens is 6. The van der Waals surface area contributed by atoms with Gasteiger partial charge >= 0.3 is 6.18 Å². The van der Waals surface area contributed by atoms with E-state index in [1.54, 1.807) is 0 Å². The minimum atomic E-state index is -4.94. The highest BCUT2D eigenvalue weighted by Gasteiger charge is 2.42. The molecule has 1 aromatic heterocycles. The summed E-state index contributed by atoms with van der Waals surface area (Å²) in [5.41, 5.74) is -2.39. The quantitative estimate of drug-likeness (QED) is 0.755. The second kappa shape index (κ2) is 8.39. The van der Waals surface area contributed by atoms with Crippen LogP contribution in [0.1, 0.15) is 29.0 Å². The zero-order valence-electron chi connectivity index (χ0n) is 15.0. The van der Waals surface area contributed by atoms with Crippen molar-refractivity contribution in [3.63, 3.8) is 0 Å². The maximum absolute atomic E-state index is 13.6. The average molecular weight is 421 g/mol. The third-order valence-electron chi connectivity index (χ3n) is 4.54. The van der Waals surface area contributed by atoms with Gasteiger partial charge in [-0.25, -0.2) is 17.9 Å². The van der Waals surface area contributed by atoms with Crippen LogP contribution in [0, 0.1) is 5.82 Å². The molecule has 0 atom stereocenters. The van der Waals surface area contributed by atoms with E-state index in [1.165, 1.54) is 4.90 Å². The van der Waals surface area contributed by atoms with E-state index in [1.807, 2.05) is 0 Å². The third kappa shape index (κ3) is 5.05. The molecule has 0 saturated carbocycles. The number of nitrogens with zero attached hydrogens (tertiary/aromatic N) is 4. The van der Waals surface area contributed by atoms with E-state index < -0.39 is 41.8 Å². The molecule has 0 radical (unpaired) electrons. The number of piperidine rings is 1. The Morgan fingerprint density at radius 3 is 2.34 bits per heavy atom. The highest BCUT2D eigenvalue weighted by molar-refractivity contribution is 5.93. The Labute approximate surface area is 161 Å². The molecule has 1 aromatic carbocycles. The number of alkyl halides is 5. The van der Waals surface area contributed by atoms with Crippen LogP contribution in [0.4, 0.5) is 26.3 Å². The summed E-state index contributed by atoms with van der Waals surface area (Å²) >= 11 is 0. The largest absolute Gasteiger partial charge is 0.435 e. The van der Waals surface area contributed by atoms with E-state index in [9.17, 15) is 31.1 Å². The van der Waals surface area contributed by atoms with Gasteiger partial charge in [-0.3, -0.25) is 9.69 Å². The van der Waals surface area contributed by atoms with Gasteiger partial charge < -0.3 is 5.32 Å². The summed E-state index contributed by atoms with van der Waals surface area (Å²) < 4.78 is 79.1. The normalized spacial score (nSPS) is 16.4. The predicted molar refractivity (Wildman–Crippen MR) is 89.3 cm³/mol. The Hall–Kier alpha value is -2.63. The molecule has 0 aliphatic carbocycles. The monoisotopic (exact) mass is 421 g/mol. The molecule has 1 aliphatic heterocycles. The van der Waals surface area contributed by atoms with Crippen molar-refractivity contribution in [3.8, 4) is 5.69 Å². The summed E-state index contributed by atoms with van der Waals surface area (Å²) in [6.45, 7) is 0.207. The molecule has 0 spiro atoms. The third-order valence-corrected chi connectivity index (χ3v) is 4.54. The lowest BCUT2D eigenvalue weighted by atomic mass is 10.0. The molecule has 29 heavy (non-hydrogen) atoms. The fraction of sp³-hybridized carbons (Fsp3) is 0.471. The van der Waals surface area contributed by atoms with Gasteiger partial charge in [-0.05, 0) is 37.1 Å². The van der Waals surface area contributed by atoms with E-state index >= 15 is 0 Å². The van der Waals surface area contributed by atoms with Gasteiger partial charge in [0, 0.05) is 19.1 Å². The van der Waals surface area contributed by atoms with Gasteiger partial charge in [0.05, 0.1) is 12.2 Å². The maximum atomic E-state index is 13.6. The van der Waals surface area contributed by atoms with Gasteiger partial charge in [0.25, 0.3) is 12.3 Å². The van der Waals surface area contributed by atoms with Crippen molar-refractivity contribution in [2.24, 2.45) is 0 Å². The molecule has 0 bridgehead atoms. The van der Waals surface area contributed by atoms with E-state index in [0.29, 0.717) is 30.6 Å². The molecule has 2 aromatic rings. The molecule has 0 unspecified atom stereocenters. The Bertz CT molecular complexity index is 843. The first kappa shape index (κ1) is 21.1. The second-order valence-electron chi connectivity index (χ2n) is 6.61. The van der Waals surface area contributed by atoms with Crippen molar-refractivity contribution in [1.29, 1.82) is 0 Å². The summed E-state index contributed by atoms with van der Waals surface area (Å²) in [6.07, 6.45) is -6.76. The molecule has 3 rings (SSSR count). The smallest absolute Gasteiger partial charge is 0.348 e. The second-order valence-corrected chi connectivity index (χ2v) is 6.61. The first-order chi connectivity index (χ1) is 13.6. The SMILES string of the molecule is O=C(NC1CCN(CC(F)F)CC1)c1nnn(-c2ccc(F)cc2)c1C(F)(F)F. The zero-order chi connectivity index (χ0) is 21.2. The molecular formula is C17H17F6N5O. The lowest BCUT2D eigenvalue weighted by Gasteiger charge is -2.31. The van der Waals surface area contributed by atoms with Crippen LogP contribution in [-0.2, 0) is 6.18 Å². The summed E-state index contributed by atoms with van der Waals surface area (Å²) in [6, 6.07) is 3.63. The fourth-order valence-corrected chi connectivity index (χ4v) is 3.16. The minimum Gasteiger partial charge on any atom is -0.348 e. The van der Waals surface area contributed by atoms with Gasteiger partial charge in [-0.2, -0.15) is 13.2 Å². The Morgan fingerprint density at radius 1 is 1.17 bits per heavy atom. The molecule has 1 fully saturated rings. The van der Waals surface area contributed by atoms with Crippen molar-refractivity contribution < 1.29 is 31.1 Å². The van der Waals surface area contributed by atoms with Gasteiger partial charge in [0.1, 0.15) is 5.82 Å². The van der Waals surface area contributed by atoms with Crippen molar-refractivity contribution in [3.05, 3.63) is 41.5 Å². The van der Waals surface area contributed by atoms with Crippen LogP contribution in [0.2, 0.25) is 0 Å². The van der Waals surface area contributed by atoms with Crippen LogP contribution in [-0.4, -0.2) is 57.9 Å². The van der Waals surface area contributed by atoms with E-state index in [-0.39, 0.29) is 12.2 Å². The first-order valence-electron chi connectivity index (χ1n) is 8.75. The van der Waals surface area contributed by atoms with Crippen LogP contribution in [0.15, 0.2) is 24.3 Å². The number of aromatic nitrogens is 3. The summed E-state index contributed by atoms with van der Waals surface area (Å²) in [5.74, 6) is -1.70. The predicted octanol–water partition coefficient (Wildman–Crippen LogP) is 2.88. The van der Waals surface area contributed by atoms with Crippen LogP contribution in [0.25, 0.3) is 5.69 Å². The number of hydrogen-bond acceptors (Lipinski definition) is 4. The standard InChI is InChI=1S/C17H17F6N5O/c18-10-1-3-12(4-2-10)28-15(17(21,22)23)14(25-26-28)16(29)24-11-5-7-27(8-6-11)9-13(19)20/h1-4,11,13H,5-9H2,(H,24,29). The van der Waals surface area contributed by atoms with Crippen molar-refractivity contribution in [2.45, 2.75) is 31.5 Å². The maximum Gasteiger partial charge on any atom is 0.435 e.